The van der Waals surface area contributed by atoms with Crippen molar-refractivity contribution in [3.63, 3.8) is 0 Å². The van der Waals surface area contributed by atoms with E-state index in [1.54, 1.807) is 12.1 Å². The van der Waals surface area contributed by atoms with E-state index in [0.29, 0.717) is 25.3 Å². The predicted octanol–water partition coefficient (Wildman–Crippen LogP) is 3.51. The van der Waals surface area contributed by atoms with E-state index in [0.717, 1.165) is 22.0 Å². The highest BCUT2D eigenvalue weighted by Crippen LogP contribution is 2.23. The molecular weight excluding hydrogens is 371 g/mol. The maximum Gasteiger partial charge on any atom is 0.273 e. The molecule has 6 nitrogen and oxygen atoms in total. The van der Waals surface area contributed by atoms with Crippen LogP contribution in [0.2, 0.25) is 0 Å². The maximum absolute atomic E-state index is 12.9. The van der Waals surface area contributed by atoms with Crippen molar-refractivity contribution < 1.29 is 13.6 Å². The van der Waals surface area contributed by atoms with Crippen LogP contribution in [0, 0.1) is 5.82 Å². The molecule has 2 aromatic carbocycles. The summed E-state index contributed by atoms with van der Waals surface area (Å²) < 4.78 is 18.4. The minimum atomic E-state index is -0.463. The van der Waals surface area contributed by atoms with E-state index < -0.39 is 6.04 Å². The van der Waals surface area contributed by atoms with Crippen LogP contribution in [0.5, 0.6) is 0 Å². The molecule has 1 unspecified atom stereocenters. The summed E-state index contributed by atoms with van der Waals surface area (Å²) in [5, 5.41) is 3.89. The van der Waals surface area contributed by atoms with E-state index in [-0.39, 0.29) is 17.4 Å². The number of halogens is 1. The number of oxazole rings is 1. The first-order chi connectivity index (χ1) is 14.1. The number of carbonyl (C=O) groups excluding carboxylic acids is 1. The Morgan fingerprint density at radius 2 is 2.00 bits per heavy atom. The van der Waals surface area contributed by atoms with Gasteiger partial charge in [0.05, 0.1) is 6.04 Å². The van der Waals surface area contributed by atoms with Gasteiger partial charge in [0.15, 0.2) is 5.69 Å². The molecule has 2 heterocycles. The van der Waals surface area contributed by atoms with Gasteiger partial charge in [-0.2, -0.15) is 0 Å². The first-order valence-corrected chi connectivity index (χ1v) is 9.39. The van der Waals surface area contributed by atoms with Gasteiger partial charge in [-0.3, -0.25) is 4.79 Å². The first kappa shape index (κ1) is 18.9. The molecule has 148 valence electrons. The summed E-state index contributed by atoms with van der Waals surface area (Å²) in [6.07, 6.45) is 4.38. The monoisotopic (exact) mass is 392 g/mol. The van der Waals surface area contributed by atoms with Crippen molar-refractivity contribution in [2.45, 2.75) is 18.9 Å². The fourth-order valence-corrected chi connectivity index (χ4v) is 3.25. The second kappa shape index (κ2) is 8.28. The third kappa shape index (κ3) is 4.35. The summed E-state index contributed by atoms with van der Waals surface area (Å²) >= 11 is 0. The summed E-state index contributed by atoms with van der Waals surface area (Å²) in [6.45, 7) is 0.411. The first-order valence-electron chi connectivity index (χ1n) is 9.39. The number of nitrogens with one attached hydrogen (secondary N) is 2. The van der Waals surface area contributed by atoms with Crippen LogP contribution in [-0.2, 0) is 12.8 Å². The van der Waals surface area contributed by atoms with Crippen molar-refractivity contribution in [2.75, 3.05) is 6.54 Å². The zero-order chi connectivity index (χ0) is 20.2. The predicted molar refractivity (Wildman–Crippen MR) is 108 cm³/mol. The van der Waals surface area contributed by atoms with Crippen LogP contribution < -0.4 is 11.1 Å². The van der Waals surface area contributed by atoms with Gasteiger partial charge in [0.1, 0.15) is 12.1 Å². The molecule has 0 saturated carbocycles. The molecule has 4 N–H and O–H groups in total. The number of hydrogen-bond acceptors (Lipinski definition) is 4. The average molecular weight is 392 g/mol. The summed E-state index contributed by atoms with van der Waals surface area (Å²) in [7, 11) is 0. The second-order valence-electron chi connectivity index (χ2n) is 6.87. The fraction of sp³-hybridized carbons (Fsp3) is 0.182. The molecular formula is C22H21FN4O2. The molecule has 0 radical (unpaired) electrons. The molecule has 0 aliphatic carbocycles. The van der Waals surface area contributed by atoms with Gasteiger partial charge in [0.25, 0.3) is 5.91 Å². The molecule has 0 aliphatic heterocycles. The van der Waals surface area contributed by atoms with Crippen LogP contribution in [0.3, 0.4) is 0 Å². The normalized spacial score (nSPS) is 12.2. The lowest BCUT2D eigenvalue weighted by Crippen LogP contribution is -2.26. The third-order valence-corrected chi connectivity index (χ3v) is 4.80. The van der Waals surface area contributed by atoms with Crippen molar-refractivity contribution in [2.24, 2.45) is 5.73 Å². The van der Waals surface area contributed by atoms with Crippen molar-refractivity contribution >= 4 is 16.8 Å². The highest BCUT2D eigenvalue weighted by Gasteiger charge is 2.18. The lowest BCUT2D eigenvalue weighted by Gasteiger charge is -2.06. The Morgan fingerprint density at radius 3 is 2.83 bits per heavy atom. The fourth-order valence-electron chi connectivity index (χ4n) is 3.25. The molecule has 7 heteroatoms. The summed E-state index contributed by atoms with van der Waals surface area (Å²) in [4.78, 5) is 19.7. The number of aromatic nitrogens is 2. The number of carbonyl (C=O) groups is 1. The third-order valence-electron chi connectivity index (χ3n) is 4.80. The Morgan fingerprint density at radius 1 is 1.21 bits per heavy atom. The molecule has 2 aromatic heterocycles. The van der Waals surface area contributed by atoms with E-state index in [1.165, 1.54) is 18.4 Å². The Hall–Kier alpha value is -3.45. The molecule has 29 heavy (non-hydrogen) atoms. The minimum Gasteiger partial charge on any atom is -0.446 e. The molecule has 0 spiro atoms. The number of hydrogen-bond donors (Lipinski definition) is 3. The van der Waals surface area contributed by atoms with Crippen LogP contribution in [0.4, 0.5) is 4.39 Å². The van der Waals surface area contributed by atoms with Crippen molar-refractivity contribution in [1.29, 1.82) is 0 Å². The van der Waals surface area contributed by atoms with E-state index in [2.05, 4.69) is 15.3 Å². The molecule has 0 fully saturated rings. The Bertz CT molecular complexity index is 1120. The number of benzene rings is 2. The quantitative estimate of drug-likeness (QED) is 0.448. The van der Waals surface area contributed by atoms with Gasteiger partial charge in [0, 0.05) is 23.6 Å². The number of nitrogens with zero attached hydrogens (tertiary/aromatic N) is 1. The van der Waals surface area contributed by atoms with Gasteiger partial charge in [-0.05, 0) is 42.2 Å². The summed E-state index contributed by atoms with van der Waals surface area (Å²) in [6, 6.07) is 13.7. The molecule has 1 amide bonds. The van der Waals surface area contributed by atoms with Gasteiger partial charge in [0.2, 0.25) is 5.89 Å². The molecule has 4 rings (SSSR count). The molecule has 1 atom stereocenters. The van der Waals surface area contributed by atoms with Gasteiger partial charge >= 0.3 is 0 Å². The second-order valence-corrected chi connectivity index (χ2v) is 6.87. The molecule has 0 saturated heterocycles. The maximum atomic E-state index is 12.9. The molecule has 0 bridgehead atoms. The van der Waals surface area contributed by atoms with Crippen LogP contribution in [-0.4, -0.2) is 22.4 Å². The highest BCUT2D eigenvalue weighted by molar-refractivity contribution is 5.91. The number of amides is 1. The van der Waals surface area contributed by atoms with Gasteiger partial charge in [-0.1, -0.05) is 30.3 Å². The van der Waals surface area contributed by atoms with Crippen molar-refractivity contribution in [3.8, 4) is 0 Å². The van der Waals surface area contributed by atoms with Gasteiger partial charge < -0.3 is 20.5 Å². The van der Waals surface area contributed by atoms with Crippen molar-refractivity contribution in [1.82, 2.24) is 15.3 Å². The number of fused-ring (bicyclic) bond motifs is 1. The van der Waals surface area contributed by atoms with Crippen LogP contribution in [0.15, 0.2) is 65.4 Å². The van der Waals surface area contributed by atoms with Crippen LogP contribution in [0.25, 0.3) is 10.9 Å². The number of aromatic amines is 1. The zero-order valence-electron chi connectivity index (χ0n) is 15.7. The Kier molecular flexibility index (Phi) is 5.39. The van der Waals surface area contributed by atoms with E-state index in [4.69, 9.17) is 10.2 Å². The average Bonchev–Trinajstić information content (AvgIpc) is 3.37. The minimum absolute atomic E-state index is 0.188. The molecule has 4 aromatic rings. The zero-order valence-corrected chi connectivity index (χ0v) is 15.7. The van der Waals surface area contributed by atoms with Gasteiger partial charge in [-0.15, -0.1) is 0 Å². The van der Waals surface area contributed by atoms with Crippen LogP contribution >= 0.6 is 0 Å². The lowest BCUT2D eigenvalue weighted by molar-refractivity contribution is 0.0949. The van der Waals surface area contributed by atoms with E-state index in [1.807, 2.05) is 30.5 Å². The number of H-pyrrole nitrogens is 1. The SMILES string of the molecule is NC(Cc1c[nH]c2ccccc12)c1nc(C(=O)NCCc2ccc(F)cc2)co1. The van der Waals surface area contributed by atoms with Crippen LogP contribution in [0.1, 0.15) is 33.5 Å². The van der Waals surface area contributed by atoms with E-state index in [9.17, 15) is 9.18 Å². The van der Waals surface area contributed by atoms with E-state index >= 15 is 0 Å². The standard InChI is InChI=1S/C22H21FN4O2/c23-16-7-5-14(6-8-16)9-10-25-21(28)20-13-29-22(27-20)18(24)11-15-12-26-19-4-2-1-3-17(15)19/h1-8,12-13,18,26H,9-11,24H2,(H,25,28). The largest absolute Gasteiger partial charge is 0.446 e. The van der Waals surface area contributed by atoms with Gasteiger partial charge in [-0.25, -0.2) is 9.37 Å². The summed E-state index contributed by atoms with van der Waals surface area (Å²) in [5.41, 5.74) is 9.48. The summed E-state index contributed by atoms with van der Waals surface area (Å²) in [5.74, 6) is -0.294. The highest BCUT2D eigenvalue weighted by atomic mass is 19.1. The number of para-hydroxylation sites is 1. The smallest absolute Gasteiger partial charge is 0.273 e. The Balaban J connectivity index is 1.34. The van der Waals surface area contributed by atoms with Crippen molar-refractivity contribution in [3.05, 3.63) is 89.5 Å². The lowest BCUT2D eigenvalue weighted by atomic mass is 10.1. The number of nitrogens with two attached hydrogens (primary N) is 1. The molecule has 0 aliphatic rings. The topological polar surface area (TPSA) is 96.9 Å². The number of rotatable bonds is 7. The Labute approximate surface area is 166 Å².